The molecular weight excluding hydrogens is 260 g/mol. The van der Waals surface area contributed by atoms with Crippen LogP contribution in [-0.4, -0.2) is 0 Å². The van der Waals surface area contributed by atoms with Crippen molar-refractivity contribution in [2.45, 2.75) is 39.5 Å². The van der Waals surface area contributed by atoms with Crippen LogP contribution in [0.2, 0.25) is 0 Å². The number of hydrogen-bond donors (Lipinski definition) is 1. The van der Waals surface area contributed by atoms with E-state index in [9.17, 15) is 4.91 Å². The minimum absolute atomic E-state index is 0.320. The summed E-state index contributed by atoms with van der Waals surface area (Å²) in [5.74, 6) is 0.771. The number of rotatable bonds is 5. The first-order valence-electron chi connectivity index (χ1n) is 7.36. The number of hydrogen-bond acceptors (Lipinski definition) is 3. The molecule has 0 bridgehead atoms. The van der Waals surface area contributed by atoms with Gasteiger partial charge in [0.25, 0.3) is 0 Å². The molecule has 0 aliphatic heterocycles. The lowest BCUT2D eigenvalue weighted by molar-refractivity contribution is 0.863. The van der Waals surface area contributed by atoms with Crippen LogP contribution in [0.25, 0.3) is 0 Å². The van der Waals surface area contributed by atoms with Crippen molar-refractivity contribution in [1.82, 2.24) is 0 Å². The van der Waals surface area contributed by atoms with E-state index < -0.39 is 0 Å². The van der Waals surface area contributed by atoms with Gasteiger partial charge in [-0.15, -0.1) is 4.91 Å². The topological polar surface area (TPSA) is 41.5 Å². The fourth-order valence-corrected chi connectivity index (χ4v) is 2.46. The number of nitrogens with one attached hydrogen (secondary N) is 1. The van der Waals surface area contributed by atoms with Crippen LogP contribution < -0.4 is 5.32 Å². The van der Waals surface area contributed by atoms with Gasteiger partial charge in [0.05, 0.1) is 0 Å². The van der Waals surface area contributed by atoms with Gasteiger partial charge < -0.3 is 5.32 Å². The van der Waals surface area contributed by atoms with Gasteiger partial charge in [-0.25, -0.2) is 0 Å². The van der Waals surface area contributed by atoms with Gasteiger partial charge in [0, 0.05) is 11.4 Å². The average Bonchev–Trinajstić information content (AvgIpc) is 2.47. The maximum atomic E-state index is 10.7. The van der Waals surface area contributed by atoms with Crippen LogP contribution in [0.4, 0.5) is 17.1 Å². The van der Waals surface area contributed by atoms with Crippen molar-refractivity contribution in [2.24, 2.45) is 5.18 Å². The summed E-state index contributed by atoms with van der Waals surface area (Å²) in [6, 6.07) is 13.9. The third kappa shape index (κ3) is 3.48. The van der Waals surface area contributed by atoms with Gasteiger partial charge in [-0.2, -0.15) is 0 Å². The Morgan fingerprint density at radius 3 is 2.10 bits per heavy atom. The fraction of sp³-hybridized carbons (Fsp3) is 0.333. The molecule has 0 unspecified atom stereocenters. The highest BCUT2D eigenvalue weighted by molar-refractivity contribution is 5.69. The third-order valence-corrected chi connectivity index (χ3v) is 3.61. The van der Waals surface area contributed by atoms with Gasteiger partial charge in [0.15, 0.2) is 0 Å². The van der Waals surface area contributed by atoms with Crippen molar-refractivity contribution in [1.29, 1.82) is 0 Å². The maximum absolute atomic E-state index is 10.7. The molecule has 110 valence electrons. The molecule has 0 spiro atoms. The summed E-state index contributed by atoms with van der Waals surface area (Å²) in [6.45, 7) is 8.60. The molecule has 0 aliphatic carbocycles. The zero-order chi connectivity index (χ0) is 15.4. The summed E-state index contributed by atoms with van der Waals surface area (Å²) in [7, 11) is 0. The second-order valence-corrected chi connectivity index (χ2v) is 5.88. The highest BCUT2D eigenvalue weighted by Gasteiger charge is 2.11. The van der Waals surface area contributed by atoms with Crippen LogP contribution in [0.15, 0.2) is 47.6 Å². The van der Waals surface area contributed by atoms with E-state index in [0.717, 1.165) is 16.9 Å². The third-order valence-electron chi connectivity index (χ3n) is 3.61. The van der Waals surface area contributed by atoms with Crippen molar-refractivity contribution in [2.75, 3.05) is 5.32 Å². The normalized spacial score (nSPS) is 11.0. The fourth-order valence-electron chi connectivity index (χ4n) is 2.46. The quantitative estimate of drug-likeness (QED) is 0.676. The molecule has 0 amide bonds. The Morgan fingerprint density at radius 2 is 1.48 bits per heavy atom. The Morgan fingerprint density at radius 1 is 0.857 bits per heavy atom. The molecule has 1 N–H and O–H groups in total. The highest BCUT2D eigenvalue weighted by atomic mass is 16.3. The van der Waals surface area contributed by atoms with Gasteiger partial charge in [0.1, 0.15) is 5.69 Å². The molecule has 0 aliphatic rings. The Hall–Kier alpha value is -2.16. The minimum atomic E-state index is 0.320. The molecule has 0 saturated heterocycles. The van der Waals surface area contributed by atoms with E-state index >= 15 is 0 Å². The van der Waals surface area contributed by atoms with E-state index in [1.54, 1.807) is 6.07 Å². The summed E-state index contributed by atoms with van der Waals surface area (Å²) < 4.78 is 0. The average molecular weight is 282 g/mol. The number of anilines is 2. The van der Waals surface area contributed by atoms with Crippen LogP contribution in [0.3, 0.4) is 0 Å². The summed E-state index contributed by atoms with van der Waals surface area (Å²) in [4.78, 5) is 10.7. The van der Waals surface area contributed by atoms with Crippen LogP contribution in [0.5, 0.6) is 0 Å². The Balaban J connectivity index is 2.42. The van der Waals surface area contributed by atoms with E-state index in [-0.39, 0.29) is 0 Å². The van der Waals surface area contributed by atoms with Crippen LogP contribution in [0.1, 0.15) is 50.7 Å². The Labute approximate surface area is 126 Å². The van der Waals surface area contributed by atoms with Crippen LogP contribution in [0, 0.1) is 4.91 Å². The lowest BCUT2D eigenvalue weighted by Gasteiger charge is -2.18. The molecule has 3 heteroatoms. The lowest BCUT2D eigenvalue weighted by atomic mass is 9.98. The standard InChI is InChI=1S/C18H22N2O/c1-12(2)15-7-5-6-8-17(15)19-18-10-9-14(20-21)11-16(18)13(3)4/h5-13,19H,1-4H3. The monoisotopic (exact) mass is 282 g/mol. The summed E-state index contributed by atoms with van der Waals surface area (Å²) in [5.41, 5.74) is 5.00. The zero-order valence-corrected chi connectivity index (χ0v) is 13.1. The van der Waals surface area contributed by atoms with Gasteiger partial charge in [-0.3, -0.25) is 0 Å². The smallest absolute Gasteiger partial charge is 0.108 e. The SMILES string of the molecule is CC(C)c1ccccc1Nc1ccc(N=O)cc1C(C)C. The number of benzene rings is 2. The Kier molecular flexibility index (Phi) is 4.73. The van der Waals surface area contributed by atoms with Crippen molar-refractivity contribution >= 4 is 17.1 Å². The first-order chi connectivity index (χ1) is 10.0. The Bertz CT molecular complexity index is 633. The largest absolute Gasteiger partial charge is 0.355 e. The van der Waals surface area contributed by atoms with E-state index in [4.69, 9.17) is 0 Å². The van der Waals surface area contributed by atoms with E-state index in [1.165, 1.54) is 5.56 Å². The minimum Gasteiger partial charge on any atom is -0.355 e. The second-order valence-electron chi connectivity index (χ2n) is 5.88. The van der Waals surface area contributed by atoms with Gasteiger partial charge in [0.2, 0.25) is 0 Å². The highest BCUT2D eigenvalue weighted by Crippen LogP contribution is 2.33. The number of para-hydroxylation sites is 1. The summed E-state index contributed by atoms with van der Waals surface area (Å²) in [5, 5.41) is 6.54. The van der Waals surface area contributed by atoms with Gasteiger partial charge >= 0.3 is 0 Å². The molecule has 0 heterocycles. The zero-order valence-electron chi connectivity index (χ0n) is 13.1. The molecule has 3 nitrogen and oxygen atoms in total. The van der Waals surface area contributed by atoms with E-state index in [2.05, 4.69) is 56.4 Å². The second kappa shape index (κ2) is 6.53. The molecule has 0 radical (unpaired) electrons. The lowest BCUT2D eigenvalue weighted by Crippen LogP contribution is -2.01. The molecule has 21 heavy (non-hydrogen) atoms. The molecule has 2 aromatic rings. The van der Waals surface area contributed by atoms with Crippen LogP contribution in [-0.2, 0) is 0 Å². The molecule has 0 aromatic heterocycles. The maximum Gasteiger partial charge on any atom is 0.108 e. The first-order valence-corrected chi connectivity index (χ1v) is 7.36. The van der Waals surface area contributed by atoms with Gasteiger partial charge in [-0.1, -0.05) is 45.9 Å². The molecule has 2 rings (SSSR count). The van der Waals surface area contributed by atoms with Crippen LogP contribution >= 0.6 is 0 Å². The van der Waals surface area contributed by atoms with Crippen molar-refractivity contribution in [3.63, 3.8) is 0 Å². The first kappa shape index (κ1) is 15.2. The molecule has 0 saturated carbocycles. The van der Waals surface area contributed by atoms with Gasteiger partial charge in [-0.05, 0) is 52.4 Å². The predicted octanol–water partition coefficient (Wildman–Crippen LogP) is 6.07. The van der Waals surface area contributed by atoms with Crippen molar-refractivity contribution in [3.8, 4) is 0 Å². The number of nitroso groups, excluding NO2 is 1. The molecule has 2 aromatic carbocycles. The predicted molar refractivity (Wildman–Crippen MR) is 89.8 cm³/mol. The number of nitrogens with zero attached hydrogens (tertiary/aromatic N) is 1. The van der Waals surface area contributed by atoms with Crippen molar-refractivity contribution in [3.05, 3.63) is 58.5 Å². The van der Waals surface area contributed by atoms with E-state index in [1.807, 2.05) is 18.2 Å². The van der Waals surface area contributed by atoms with E-state index in [0.29, 0.717) is 17.5 Å². The summed E-state index contributed by atoms with van der Waals surface area (Å²) >= 11 is 0. The van der Waals surface area contributed by atoms with Crippen molar-refractivity contribution < 1.29 is 0 Å². The molecule has 0 fully saturated rings. The molecular formula is C18H22N2O. The summed E-state index contributed by atoms with van der Waals surface area (Å²) in [6.07, 6.45) is 0. The molecule has 0 atom stereocenters.